The maximum Gasteiger partial charge on any atom is 0.191 e. The first-order valence-corrected chi connectivity index (χ1v) is 3.95. The predicted molar refractivity (Wildman–Crippen MR) is 44.0 cm³/mol. The lowest BCUT2D eigenvalue weighted by Gasteiger charge is -1.97. The molecule has 0 aromatic heterocycles. The van der Waals surface area contributed by atoms with Gasteiger partial charge < -0.3 is 0 Å². The second-order valence-electron chi connectivity index (χ2n) is 2.84. The van der Waals surface area contributed by atoms with E-state index in [-0.39, 0.29) is 5.78 Å². The van der Waals surface area contributed by atoms with Gasteiger partial charge in [0.25, 0.3) is 0 Å². The van der Waals surface area contributed by atoms with E-state index in [1.807, 2.05) is 6.92 Å². The Hall–Kier alpha value is -0.660. The first kappa shape index (κ1) is 10.3. The highest BCUT2D eigenvalue weighted by molar-refractivity contribution is 5.93. The number of hydrogen-bond acceptors (Lipinski definition) is 1. The number of hydrogen-bond donors (Lipinski definition) is 0. The molecule has 0 rings (SSSR count). The van der Waals surface area contributed by atoms with E-state index >= 15 is 0 Å². The van der Waals surface area contributed by atoms with Crippen LogP contribution >= 0.6 is 0 Å². The topological polar surface area (TPSA) is 17.1 Å². The van der Waals surface area contributed by atoms with Crippen molar-refractivity contribution in [3.8, 4) is 0 Å². The zero-order chi connectivity index (χ0) is 8.85. The molecule has 0 aromatic carbocycles. The molecule has 0 saturated heterocycles. The molecule has 1 nitrogen and oxygen atoms in total. The summed E-state index contributed by atoms with van der Waals surface area (Å²) in [5, 5.41) is 0. The summed E-state index contributed by atoms with van der Waals surface area (Å²) in [7, 11) is 0. The average molecular weight is 158 g/mol. The Kier molecular flexibility index (Phi) is 4.75. The Morgan fingerprint density at radius 2 is 1.91 bits per heavy atom. The summed E-state index contributed by atoms with van der Waals surface area (Å²) in [4.78, 5) is 10.9. The molecule has 0 saturated carbocycles. The molecule has 64 valence electrons. The van der Waals surface area contributed by atoms with Crippen LogP contribution in [0.4, 0.5) is 4.39 Å². The summed E-state index contributed by atoms with van der Waals surface area (Å²) in [5.41, 5.74) is 0.478. The minimum atomic E-state index is -0.557. The van der Waals surface area contributed by atoms with Crippen LogP contribution in [0.5, 0.6) is 0 Å². The van der Waals surface area contributed by atoms with Gasteiger partial charge in [0.2, 0.25) is 0 Å². The lowest BCUT2D eigenvalue weighted by Crippen LogP contribution is -1.99. The van der Waals surface area contributed by atoms with E-state index in [2.05, 4.69) is 0 Å². The number of ketones is 1. The van der Waals surface area contributed by atoms with Gasteiger partial charge >= 0.3 is 0 Å². The molecule has 0 aromatic rings. The van der Waals surface area contributed by atoms with Crippen LogP contribution in [0.2, 0.25) is 0 Å². The third kappa shape index (κ3) is 3.91. The smallest absolute Gasteiger partial charge is 0.191 e. The Morgan fingerprint density at radius 1 is 1.36 bits per heavy atom. The van der Waals surface area contributed by atoms with Gasteiger partial charge in [-0.3, -0.25) is 4.79 Å². The van der Waals surface area contributed by atoms with Crippen molar-refractivity contribution in [2.45, 2.75) is 40.0 Å². The number of carbonyl (C=O) groups is 1. The van der Waals surface area contributed by atoms with E-state index in [1.54, 1.807) is 13.8 Å². The van der Waals surface area contributed by atoms with E-state index in [1.165, 1.54) is 0 Å². The monoisotopic (exact) mass is 158 g/mol. The van der Waals surface area contributed by atoms with E-state index < -0.39 is 5.83 Å². The van der Waals surface area contributed by atoms with Gasteiger partial charge in [0.05, 0.1) is 0 Å². The fraction of sp³-hybridized carbons (Fsp3) is 0.667. The minimum absolute atomic E-state index is 0.341. The zero-order valence-corrected chi connectivity index (χ0v) is 7.41. The minimum Gasteiger partial charge on any atom is -0.292 e. The largest absolute Gasteiger partial charge is 0.292 e. The molecule has 0 atom stereocenters. The summed E-state index contributed by atoms with van der Waals surface area (Å²) >= 11 is 0. The molecule has 0 spiro atoms. The molecule has 0 radical (unpaired) electrons. The standard InChI is InChI=1S/C9H15FO/c1-4-5-6-8(11)9(10)7(2)3/h4-6H2,1-3H3. The molecule has 0 heterocycles. The maximum absolute atomic E-state index is 12.8. The van der Waals surface area contributed by atoms with Crippen LogP contribution in [-0.4, -0.2) is 5.78 Å². The number of carbonyl (C=O) groups excluding carboxylic acids is 1. The Balaban J connectivity index is 3.95. The first-order valence-electron chi connectivity index (χ1n) is 3.95. The van der Waals surface area contributed by atoms with Gasteiger partial charge in [-0.1, -0.05) is 13.3 Å². The highest BCUT2D eigenvalue weighted by atomic mass is 19.1. The lowest BCUT2D eigenvalue weighted by atomic mass is 10.1. The van der Waals surface area contributed by atoms with Crippen LogP contribution in [0.3, 0.4) is 0 Å². The molecule has 0 bridgehead atoms. The summed E-state index contributed by atoms with van der Waals surface area (Å²) < 4.78 is 12.8. The van der Waals surface area contributed by atoms with Crippen LogP contribution in [-0.2, 0) is 4.79 Å². The summed E-state index contributed by atoms with van der Waals surface area (Å²) in [6.07, 6.45) is 2.05. The normalized spacial score (nSPS) is 9.45. The van der Waals surface area contributed by atoms with E-state index in [9.17, 15) is 9.18 Å². The quantitative estimate of drug-likeness (QED) is 0.575. The second-order valence-corrected chi connectivity index (χ2v) is 2.84. The Morgan fingerprint density at radius 3 is 2.27 bits per heavy atom. The number of unbranched alkanes of at least 4 members (excludes halogenated alkanes) is 1. The lowest BCUT2D eigenvalue weighted by molar-refractivity contribution is -0.117. The van der Waals surface area contributed by atoms with Crippen molar-refractivity contribution >= 4 is 5.78 Å². The van der Waals surface area contributed by atoms with E-state index in [0.29, 0.717) is 12.0 Å². The molecule has 11 heavy (non-hydrogen) atoms. The van der Waals surface area contributed by atoms with Gasteiger partial charge in [0, 0.05) is 6.42 Å². The van der Waals surface area contributed by atoms with Crippen LogP contribution in [0, 0.1) is 0 Å². The maximum atomic E-state index is 12.8. The third-order valence-corrected chi connectivity index (χ3v) is 1.44. The Labute approximate surface area is 67.3 Å². The van der Waals surface area contributed by atoms with Crippen LogP contribution in [0.1, 0.15) is 40.0 Å². The molecule has 0 aliphatic heterocycles. The number of allylic oxidation sites excluding steroid dienone is 2. The second kappa shape index (κ2) is 5.05. The van der Waals surface area contributed by atoms with Gasteiger partial charge in [0.1, 0.15) is 0 Å². The number of rotatable bonds is 4. The number of Topliss-reactive ketones (excluding diaryl/α,β-unsaturated/α-hetero) is 1. The van der Waals surface area contributed by atoms with Gasteiger partial charge in [-0.15, -0.1) is 0 Å². The first-order chi connectivity index (χ1) is 5.09. The molecule has 0 amide bonds. The fourth-order valence-electron chi connectivity index (χ4n) is 0.726. The highest BCUT2D eigenvalue weighted by Crippen LogP contribution is 2.10. The van der Waals surface area contributed by atoms with Crippen molar-refractivity contribution in [2.75, 3.05) is 0 Å². The highest BCUT2D eigenvalue weighted by Gasteiger charge is 2.08. The van der Waals surface area contributed by atoms with Crippen molar-refractivity contribution in [1.29, 1.82) is 0 Å². The molecule has 0 aliphatic rings. The predicted octanol–water partition coefficient (Wildman–Crippen LogP) is 3.01. The summed E-state index contributed by atoms with van der Waals surface area (Å²) in [6.45, 7) is 5.20. The van der Waals surface area contributed by atoms with Crippen molar-refractivity contribution < 1.29 is 9.18 Å². The van der Waals surface area contributed by atoms with Crippen LogP contribution < -0.4 is 0 Å². The molecule has 0 aliphatic carbocycles. The molecular formula is C9H15FO. The fourth-order valence-corrected chi connectivity index (χ4v) is 0.726. The van der Waals surface area contributed by atoms with Crippen molar-refractivity contribution in [3.63, 3.8) is 0 Å². The summed E-state index contributed by atoms with van der Waals surface area (Å²) in [5.74, 6) is -0.912. The van der Waals surface area contributed by atoms with Crippen molar-refractivity contribution in [1.82, 2.24) is 0 Å². The van der Waals surface area contributed by atoms with E-state index in [0.717, 1.165) is 12.8 Å². The van der Waals surface area contributed by atoms with Crippen molar-refractivity contribution in [2.24, 2.45) is 0 Å². The van der Waals surface area contributed by atoms with Gasteiger partial charge in [0.15, 0.2) is 11.6 Å². The molecule has 2 heteroatoms. The van der Waals surface area contributed by atoms with Gasteiger partial charge in [-0.25, -0.2) is 4.39 Å². The Bertz CT molecular complexity index is 166. The van der Waals surface area contributed by atoms with Gasteiger partial charge in [-0.05, 0) is 25.8 Å². The zero-order valence-electron chi connectivity index (χ0n) is 7.41. The summed E-state index contributed by atoms with van der Waals surface area (Å²) in [6, 6.07) is 0. The van der Waals surface area contributed by atoms with Crippen LogP contribution in [0.25, 0.3) is 0 Å². The van der Waals surface area contributed by atoms with Gasteiger partial charge in [-0.2, -0.15) is 0 Å². The molecule has 0 fully saturated rings. The SMILES string of the molecule is CCCCC(=O)C(F)=C(C)C. The van der Waals surface area contributed by atoms with Crippen LogP contribution in [0.15, 0.2) is 11.4 Å². The third-order valence-electron chi connectivity index (χ3n) is 1.44. The molecule has 0 unspecified atom stereocenters. The molecular weight excluding hydrogens is 143 g/mol. The molecule has 0 N–H and O–H groups in total. The van der Waals surface area contributed by atoms with E-state index in [4.69, 9.17) is 0 Å². The average Bonchev–Trinajstić information content (AvgIpc) is 1.98. The van der Waals surface area contributed by atoms with Crippen molar-refractivity contribution in [3.05, 3.63) is 11.4 Å². The number of halogens is 1.